The van der Waals surface area contributed by atoms with Crippen molar-refractivity contribution in [3.8, 4) is 0 Å². The van der Waals surface area contributed by atoms with Gasteiger partial charge in [0.2, 0.25) is 11.8 Å². The van der Waals surface area contributed by atoms with Gasteiger partial charge in [0, 0.05) is 31.6 Å². The number of nitrogens with one attached hydrogen (secondary N) is 1. The summed E-state index contributed by atoms with van der Waals surface area (Å²) in [6.45, 7) is 1.86. The number of non-ortho nitro benzene ring substituents is 1. The molecule has 0 bridgehead atoms. The Bertz CT molecular complexity index is 1670. The molecular formula is C34H36N4O6S. The first-order valence-corrected chi connectivity index (χ1v) is 16.1. The zero-order chi connectivity index (χ0) is 32.2. The van der Waals surface area contributed by atoms with Gasteiger partial charge in [-0.15, -0.1) is 0 Å². The van der Waals surface area contributed by atoms with E-state index in [4.69, 9.17) is 0 Å². The quantitative estimate of drug-likeness (QED) is 0.107. The third-order valence-electron chi connectivity index (χ3n) is 7.25. The summed E-state index contributed by atoms with van der Waals surface area (Å²) in [5, 5.41) is 14.3. The van der Waals surface area contributed by atoms with Gasteiger partial charge in [0.15, 0.2) is 0 Å². The standard InChI is InChI=1S/C34H36N4O6S/c1-2-3-23-35-34(40)32(24-27-13-7-4-8-14-27)36(25-28-15-9-5-10-16-28)33(39)26-37(29-19-21-30(22-20-29)38(41)42)45(43,44)31-17-11-6-12-18-31/h4-22,32H,2-3,23-26H2,1H3,(H,35,40)/t32-/m0/s1. The van der Waals surface area contributed by atoms with Gasteiger partial charge in [0.05, 0.1) is 15.5 Å². The summed E-state index contributed by atoms with van der Waals surface area (Å²) in [7, 11) is -4.30. The minimum absolute atomic E-state index is 0.0519. The summed E-state index contributed by atoms with van der Waals surface area (Å²) >= 11 is 0. The summed E-state index contributed by atoms with van der Waals surface area (Å²) in [4.78, 5) is 40.2. The number of nitro groups is 1. The first-order valence-electron chi connectivity index (χ1n) is 14.7. The average Bonchev–Trinajstić information content (AvgIpc) is 3.06. The predicted molar refractivity (Wildman–Crippen MR) is 173 cm³/mol. The fourth-order valence-corrected chi connectivity index (χ4v) is 6.26. The lowest BCUT2D eigenvalue weighted by molar-refractivity contribution is -0.384. The Labute approximate surface area is 263 Å². The Morgan fingerprint density at radius 2 is 1.38 bits per heavy atom. The molecule has 4 aromatic carbocycles. The van der Waals surface area contributed by atoms with Crippen LogP contribution in [0, 0.1) is 10.1 Å². The monoisotopic (exact) mass is 628 g/mol. The topological polar surface area (TPSA) is 130 Å². The van der Waals surface area contributed by atoms with Crippen molar-refractivity contribution < 1.29 is 22.9 Å². The first-order chi connectivity index (χ1) is 21.7. The lowest BCUT2D eigenvalue weighted by Crippen LogP contribution is -2.53. The molecular weight excluding hydrogens is 592 g/mol. The molecule has 234 valence electrons. The van der Waals surface area contributed by atoms with Gasteiger partial charge in [-0.05, 0) is 41.8 Å². The number of hydrogen-bond acceptors (Lipinski definition) is 6. The van der Waals surface area contributed by atoms with Crippen LogP contribution in [0.25, 0.3) is 0 Å². The minimum Gasteiger partial charge on any atom is -0.354 e. The van der Waals surface area contributed by atoms with Gasteiger partial charge in [-0.2, -0.15) is 0 Å². The molecule has 1 atom stereocenters. The molecule has 0 spiro atoms. The molecule has 0 aliphatic heterocycles. The van der Waals surface area contributed by atoms with Crippen molar-refractivity contribution in [2.75, 3.05) is 17.4 Å². The van der Waals surface area contributed by atoms with Gasteiger partial charge in [-0.25, -0.2) is 8.42 Å². The second-order valence-corrected chi connectivity index (χ2v) is 12.3. The molecule has 45 heavy (non-hydrogen) atoms. The largest absolute Gasteiger partial charge is 0.354 e. The van der Waals surface area contributed by atoms with Crippen LogP contribution in [0.1, 0.15) is 30.9 Å². The van der Waals surface area contributed by atoms with Crippen LogP contribution in [0.4, 0.5) is 11.4 Å². The highest BCUT2D eigenvalue weighted by molar-refractivity contribution is 7.92. The summed E-state index contributed by atoms with van der Waals surface area (Å²) < 4.78 is 28.9. The maximum absolute atomic E-state index is 14.4. The fourth-order valence-electron chi connectivity index (χ4n) is 4.83. The number of hydrogen-bond donors (Lipinski definition) is 1. The first kappa shape index (κ1) is 32.9. The highest BCUT2D eigenvalue weighted by Crippen LogP contribution is 2.27. The molecule has 0 saturated carbocycles. The van der Waals surface area contributed by atoms with E-state index in [1.807, 2.05) is 67.6 Å². The molecule has 0 aromatic heterocycles. The molecule has 0 radical (unpaired) electrons. The van der Waals surface area contributed by atoms with Crippen LogP contribution in [0.2, 0.25) is 0 Å². The van der Waals surface area contributed by atoms with Crippen LogP contribution in [-0.2, 0) is 32.6 Å². The number of anilines is 1. The number of carbonyl (C=O) groups is 2. The van der Waals surface area contributed by atoms with Crippen molar-refractivity contribution in [1.82, 2.24) is 10.2 Å². The molecule has 0 aliphatic carbocycles. The Morgan fingerprint density at radius 1 is 0.822 bits per heavy atom. The zero-order valence-electron chi connectivity index (χ0n) is 25.0. The van der Waals surface area contributed by atoms with E-state index in [2.05, 4.69) is 5.32 Å². The normalized spacial score (nSPS) is 11.8. The summed E-state index contributed by atoms with van der Waals surface area (Å²) in [5.74, 6) is -0.951. The van der Waals surface area contributed by atoms with Gasteiger partial charge in [-0.1, -0.05) is 92.2 Å². The van der Waals surface area contributed by atoms with Crippen molar-refractivity contribution in [3.05, 3.63) is 137 Å². The highest BCUT2D eigenvalue weighted by Gasteiger charge is 2.34. The number of unbranched alkanes of at least 4 members (excludes halogenated alkanes) is 1. The van der Waals surface area contributed by atoms with E-state index >= 15 is 0 Å². The van der Waals surface area contributed by atoms with E-state index in [0.29, 0.717) is 6.54 Å². The van der Waals surface area contributed by atoms with Crippen molar-refractivity contribution in [2.24, 2.45) is 0 Å². The highest BCUT2D eigenvalue weighted by atomic mass is 32.2. The summed E-state index contributed by atoms with van der Waals surface area (Å²) in [5.41, 5.74) is 1.45. The lowest BCUT2D eigenvalue weighted by atomic mass is 10.0. The third kappa shape index (κ3) is 8.76. The lowest BCUT2D eigenvalue weighted by Gasteiger charge is -2.34. The number of rotatable bonds is 15. The van der Waals surface area contributed by atoms with Crippen LogP contribution in [0.3, 0.4) is 0 Å². The molecule has 2 amide bonds. The van der Waals surface area contributed by atoms with Crippen LogP contribution in [0.5, 0.6) is 0 Å². The van der Waals surface area contributed by atoms with Gasteiger partial charge in [-0.3, -0.25) is 24.0 Å². The molecule has 0 unspecified atom stereocenters. The zero-order valence-corrected chi connectivity index (χ0v) is 25.8. The van der Waals surface area contributed by atoms with Crippen LogP contribution >= 0.6 is 0 Å². The van der Waals surface area contributed by atoms with Crippen molar-refractivity contribution in [3.63, 3.8) is 0 Å². The molecule has 4 rings (SSSR count). The molecule has 11 heteroatoms. The van der Waals surface area contributed by atoms with Crippen LogP contribution < -0.4 is 9.62 Å². The van der Waals surface area contributed by atoms with E-state index in [1.165, 1.54) is 41.3 Å². The number of amides is 2. The molecule has 0 heterocycles. The maximum Gasteiger partial charge on any atom is 0.269 e. The molecule has 10 nitrogen and oxygen atoms in total. The van der Waals surface area contributed by atoms with Crippen LogP contribution in [0.15, 0.2) is 120 Å². The number of nitro benzene ring substituents is 1. The van der Waals surface area contributed by atoms with E-state index in [9.17, 15) is 28.1 Å². The van der Waals surface area contributed by atoms with Gasteiger partial charge < -0.3 is 10.2 Å². The van der Waals surface area contributed by atoms with E-state index in [1.54, 1.807) is 18.2 Å². The third-order valence-corrected chi connectivity index (χ3v) is 9.04. The molecule has 0 fully saturated rings. The molecule has 0 saturated heterocycles. The summed E-state index contributed by atoms with van der Waals surface area (Å²) in [6.07, 6.45) is 1.85. The number of sulfonamides is 1. The van der Waals surface area contributed by atoms with E-state index in [0.717, 1.165) is 28.3 Å². The average molecular weight is 629 g/mol. The van der Waals surface area contributed by atoms with Crippen molar-refractivity contribution >= 4 is 33.2 Å². The second kappa shape index (κ2) is 15.6. The molecule has 4 aromatic rings. The van der Waals surface area contributed by atoms with E-state index in [-0.39, 0.29) is 35.1 Å². The van der Waals surface area contributed by atoms with E-state index < -0.39 is 33.4 Å². The minimum atomic E-state index is -4.30. The van der Waals surface area contributed by atoms with Crippen LogP contribution in [-0.4, -0.2) is 49.2 Å². The second-order valence-electron chi connectivity index (χ2n) is 10.5. The molecule has 1 N–H and O–H groups in total. The Kier molecular flexibility index (Phi) is 11.4. The fraction of sp³-hybridized carbons (Fsp3) is 0.235. The molecule has 0 aliphatic rings. The Hall–Kier alpha value is -5.03. The Morgan fingerprint density at radius 3 is 1.93 bits per heavy atom. The maximum atomic E-state index is 14.4. The van der Waals surface area contributed by atoms with Crippen molar-refractivity contribution in [1.29, 1.82) is 0 Å². The Balaban J connectivity index is 1.78. The van der Waals surface area contributed by atoms with Gasteiger partial charge in [0.1, 0.15) is 12.6 Å². The summed E-state index contributed by atoms with van der Waals surface area (Å²) in [6, 6.07) is 30.2. The van der Waals surface area contributed by atoms with Crippen molar-refractivity contribution in [2.45, 2.75) is 43.7 Å². The van der Waals surface area contributed by atoms with Gasteiger partial charge in [0.25, 0.3) is 15.7 Å². The smallest absolute Gasteiger partial charge is 0.269 e. The number of benzene rings is 4. The number of nitrogens with zero attached hydrogens (tertiary/aromatic N) is 3. The SMILES string of the molecule is CCCCNC(=O)[C@H](Cc1ccccc1)N(Cc1ccccc1)C(=O)CN(c1ccc([N+](=O)[O-])cc1)S(=O)(=O)c1ccccc1. The predicted octanol–water partition coefficient (Wildman–Crippen LogP) is 5.35. The van der Waals surface area contributed by atoms with Gasteiger partial charge >= 0.3 is 0 Å². The number of carbonyl (C=O) groups excluding carboxylic acids is 2.